The van der Waals surface area contributed by atoms with E-state index in [0.717, 1.165) is 32.6 Å². The van der Waals surface area contributed by atoms with Gasteiger partial charge < -0.3 is 9.15 Å². The molecule has 120 valence electrons. The molecule has 2 saturated heterocycles. The molecule has 2 aliphatic rings. The lowest BCUT2D eigenvalue weighted by molar-refractivity contribution is -0.0872. The second kappa shape index (κ2) is 6.30. The predicted octanol–water partition coefficient (Wildman–Crippen LogP) is 3.14. The van der Waals surface area contributed by atoms with Gasteiger partial charge in [0.1, 0.15) is 6.26 Å². The van der Waals surface area contributed by atoms with Gasteiger partial charge in [-0.2, -0.15) is 0 Å². The molecular formula is C19H21NO3. The number of rotatable bonds is 4. The molecule has 2 aromatic rings. The number of morpholine rings is 1. The molecule has 0 radical (unpaired) electrons. The summed E-state index contributed by atoms with van der Waals surface area (Å²) in [6, 6.07) is 13.0. The number of carbonyl (C=O) groups excluding carboxylic acids is 1. The van der Waals surface area contributed by atoms with Crippen molar-refractivity contribution in [3.8, 4) is 0 Å². The first-order chi connectivity index (χ1) is 11.3. The summed E-state index contributed by atoms with van der Waals surface area (Å²) < 4.78 is 10.8. The summed E-state index contributed by atoms with van der Waals surface area (Å²) in [5.74, 6) is 0.300. The van der Waals surface area contributed by atoms with Gasteiger partial charge in [0.05, 0.1) is 25.0 Å². The van der Waals surface area contributed by atoms with Crippen LogP contribution in [0.25, 0.3) is 0 Å². The van der Waals surface area contributed by atoms with Crippen LogP contribution in [0.5, 0.6) is 0 Å². The van der Waals surface area contributed by atoms with Crippen LogP contribution < -0.4 is 0 Å². The van der Waals surface area contributed by atoms with Crippen LogP contribution in [0.3, 0.4) is 0 Å². The van der Waals surface area contributed by atoms with Gasteiger partial charge in [-0.05, 0) is 24.5 Å². The second-order valence-corrected chi connectivity index (χ2v) is 6.55. The van der Waals surface area contributed by atoms with Crippen LogP contribution >= 0.6 is 0 Å². The SMILES string of the molecule is O=C(c1ccoc1)C1CC2COCC(C1)N2Cc1ccccc1. The van der Waals surface area contributed by atoms with E-state index in [9.17, 15) is 4.79 Å². The predicted molar refractivity (Wildman–Crippen MR) is 86.1 cm³/mol. The van der Waals surface area contributed by atoms with Gasteiger partial charge in [0, 0.05) is 24.5 Å². The minimum atomic E-state index is 0.0820. The molecule has 4 rings (SSSR count). The highest BCUT2D eigenvalue weighted by molar-refractivity contribution is 5.97. The molecule has 4 nitrogen and oxygen atoms in total. The third kappa shape index (κ3) is 2.96. The van der Waals surface area contributed by atoms with E-state index in [-0.39, 0.29) is 11.7 Å². The van der Waals surface area contributed by atoms with Crippen molar-refractivity contribution in [2.24, 2.45) is 5.92 Å². The molecule has 2 bridgehead atoms. The number of piperidine rings is 1. The summed E-state index contributed by atoms with van der Waals surface area (Å²) in [5.41, 5.74) is 2.02. The van der Waals surface area contributed by atoms with Gasteiger partial charge in [0.2, 0.25) is 0 Å². The van der Waals surface area contributed by atoms with Gasteiger partial charge in [-0.15, -0.1) is 0 Å². The van der Waals surface area contributed by atoms with E-state index in [0.29, 0.717) is 17.6 Å². The quantitative estimate of drug-likeness (QED) is 0.814. The Balaban J connectivity index is 1.49. The van der Waals surface area contributed by atoms with Crippen molar-refractivity contribution < 1.29 is 13.9 Å². The Hall–Kier alpha value is -1.91. The maximum Gasteiger partial charge on any atom is 0.169 e. The summed E-state index contributed by atoms with van der Waals surface area (Å²) in [4.78, 5) is 15.2. The molecule has 23 heavy (non-hydrogen) atoms. The summed E-state index contributed by atoms with van der Waals surface area (Å²) in [6.45, 7) is 2.38. The number of ketones is 1. The van der Waals surface area contributed by atoms with E-state index in [1.165, 1.54) is 5.56 Å². The number of fused-ring (bicyclic) bond motifs is 2. The van der Waals surface area contributed by atoms with Crippen molar-refractivity contribution in [3.05, 3.63) is 60.1 Å². The molecule has 2 atom stereocenters. The molecule has 2 aliphatic heterocycles. The molecule has 0 amide bonds. The van der Waals surface area contributed by atoms with Crippen LogP contribution in [0.1, 0.15) is 28.8 Å². The smallest absolute Gasteiger partial charge is 0.169 e. The molecule has 4 heteroatoms. The van der Waals surface area contributed by atoms with Gasteiger partial charge in [-0.1, -0.05) is 30.3 Å². The fourth-order valence-corrected chi connectivity index (χ4v) is 3.90. The number of carbonyl (C=O) groups is 1. The zero-order valence-electron chi connectivity index (χ0n) is 13.1. The third-order valence-corrected chi connectivity index (χ3v) is 5.06. The number of ether oxygens (including phenoxy) is 1. The Morgan fingerprint density at radius 3 is 2.48 bits per heavy atom. The van der Waals surface area contributed by atoms with E-state index in [2.05, 4.69) is 29.2 Å². The van der Waals surface area contributed by atoms with E-state index in [1.807, 2.05) is 6.07 Å². The van der Waals surface area contributed by atoms with E-state index in [4.69, 9.17) is 9.15 Å². The number of benzene rings is 1. The highest BCUT2D eigenvalue weighted by Gasteiger charge is 2.41. The molecule has 2 unspecified atom stereocenters. The average Bonchev–Trinajstić information content (AvgIpc) is 3.09. The van der Waals surface area contributed by atoms with Crippen molar-refractivity contribution in [1.82, 2.24) is 4.90 Å². The molecular weight excluding hydrogens is 290 g/mol. The Morgan fingerprint density at radius 2 is 1.83 bits per heavy atom. The van der Waals surface area contributed by atoms with Crippen molar-refractivity contribution in [1.29, 1.82) is 0 Å². The van der Waals surface area contributed by atoms with Crippen LogP contribution in [0.4, 0.5) is 0 Å². The standard InChI is InChI=1S/C19H21NO3/c21-19(15-6-7-22-11-15)16-8-17-12-23-13-18(9-16)20(17)10-14-4-2-1-3-5-14/h1-7,11,16-18H,8-10,12-13H2. The lowest BCUT2D eigenvalue weighted by Gasteiger charge is -2.48. The Kier molecular flexibility index (Phi) is 4.02. The molecule has 1 aromatic heterocycles. The number of Topliss-reactive ketones (excluding diaryl/α,β-unsaturated/α-hetero) is 1. The lowest BCUT2D eigenvalue weighted by Crippen LogP contribution is -2.57. The van der Waals surface area contributed by atoms with Crippen LogP contribution in [-0.4, -0.2) is 36.0 Å². The molecule has 0 saturated carbocycles. The first-order valence-electron chi connectivity index (χ1n) is 8.25. The summed E-state index contributed by atoms with van der Waals surface area (Å²) >= 11 is 0. The Morgan fingerprint density at radius 1 is 1.09 bits per heavy atom. The van der Waals surface area contributed by atoms with E-state index >= 15 is 0 Å². The van der Waals surface area contributed by atoms with Gasteiger partial charge in [0.15, 0.2) is 5.78 Å². The fraction of sp³-hybridized carbons (Fsp3) is 0.421. The van der Waals surface area contributed by atoms with Gasteiger partial charge >= 0.3 is 0 Å². The maximum atomic E-state index is 12.6. The zero-order valence-corrected chi connectivity index (χ0v) is 13.1. The van der Waals surface area contributed by atoms with Crippen molar-refractivity contribution >= 4 is 5.78 Å². The lowest BCUT2D eigenvalue weighted by atomic mass is 9.81. The highest BCUT2D eigenvalue weighted by Crippen LogP contribution is 2.34. The van der Waals surface area contributed by atoms with Crippen LogP contribution in [0.15, 0.2) is 53.3 Å². The second-order valence-electron chi connectivity index (χ2n) is 6.55. The monoisotopic (exact) mass is 311 g/mol. The maximum absolute atomic E-state index is 12.6. The first-order valence-corrected chi connectivity index (χ1v) is 8.25. The topological polar surface area (TPSA) is 42.7 Å². The normalized spacial score (nSPS) is 27.7. The van der Waals surface area contributed by atoms with Gasteiger partial charge in [-0.25, -0.2) is 0 Å². The largest absolute Gasteiger partial charge is 0.472 e. The third-order valence-electron chi connectivity index (χ3n) is 5.06. The molecule has 3 heterocycles. The summed E-state index contributed by atoms with van der Waals surface area (Å²) in [6.07, 6.45) is 4.87. The summed E-state index contributed by atoms with van der Waals surface area (Å²) in [5, 5.41) is 0. The van der Waals surface area contributed by atoms with E-state index in [1.54, 1.807) is 18.6 Å². The average molecular weight is 311 g/mol. The van der Waals surface area contributed by atoms with Gasteiger partial charge in [0.25, 0.3) is 0 Å². The number of hydrogen-bond acceptors (Lipinski definition) is 4. The molecule has 2 fully saturated rings. The van der Waals surface area contributed by atoms with Crippen molar-refractivity contribution in [2.75, 3.05) is 13.2 Å². The Labute approximate surface area is 136 Å². The number of nitrogens with zero attached hydrogens (tertiary/aromatic N) is 1. The van der Waals surface area contributed by atoms with Crippen LogP contribution in [-0.2, 0) is 11.3 Å². The highest BCUT2D eigenvalue weighted by atomic mass is 16.5. The Bertz CT molecular complexity index is 639. The molecule has 1 aromatic carbocycles. The minimum Gasteiger partial charge on any atom is -0.472 e. The molecule has 0 N–H and O–H groups in total. The minimum absolute atomic E-state index is 0.0820. The fourth-order valence-electron chi connectivity index (χ4n) is 3.90. The first kappa shape index (κ1) is 14.7. The zero-order chi connectivity index (χ0) is 15.6. The molecule has 0 aliphatic carbocycles. The molecule has 0 spiro atoms. The van der Waals surface area contributed by atoms with Gasteiger partial charge in [-0.3, -0.25) is 9.69 Å². The van der Waals surface area contributed by atoms with E-state index < -0.39 is 0 Å². The van der Waals surface area contributed by atoms with Crippen LogP contribution in [0.2, 0.25) is 0 Å². The van der Waals surface area contributed by atoms with Crippen molar-refractivity contribution in [2.45, 2.75) is 31.5 Å². The number of hydrogen-bond donors (Lipinski definition) is 0. The summed E-state index contributed by atoms with van der Waals surface area (Å²) in [7, 11) is 0. The number of furan rings is 1. The van der Waals surface area contributed by atoms with Crippen molar-refractivity contribution in [3.63, 3.8) is 0 Å². The van der Waals surface area contributed by atoms with Crippen LogP contribution in [0, 0.1) is 5.92 Å².